The number of aliphatic hydroxyl groups is 1. The summed E-state index contributed by atoms with van der Waals surface area (Å²) in [6.07, 6.45) is 2.06. The lowest BCUT2D eigenvalue weighted by molar-refractivity contribution is 0.0577. The van der Waals surface area contributed by atoms with E-state index in [1.807, 2.05) is 36.4 Å². The second-order valence-electron chi connectivity index (χ2n) is 4.73. The normalized spacial score (nSPS) is 13.8. The number of hydrogen-bond acceptors (Lipinski definition) is 4. The van der Waals surface area contributed by atoms with E-state index in [0.717, 1.165) is 16.9 Å². The number of methoxy groups -OCH3 is 1. The van der Waals surface area contributed by atoms with Gasteiger partial charge in [-0.1, -0.05) is 18.2 Å². The zero-order chi connectivity index (χ0) is 13.9. The number of benzene rings is 1. The Balaban J connectivity index is 2.24. The van der Waals surface area contributed by atoms with Crippen LogP contribution in [0.2, 0.25) is 0 Å². The van der Waals surface area contributed by atoms with Gasteiger partial charge in [0.1, 0.15) is 11.6 Å². The molecule has 0 saturated heterocycles. The van der Waals surface area contributed by atoms with Crippen molar-refractivity contribution in [2.45, 2.75) is 18.9 Å². The van der Waals surface area contributed by atoms with E-state index in [-0.39, 0.29) is 0 Å². The van der Waals surface area contributed by atoms with Crippen molar-refractivity contribution in [2.24, 2.45) is 0 Å². The molecule has 3 N–H and O–H groups in total. The predicted molar refractivity (Wildman–Crippen MR) is 74.9 cm³/mol. The average Bonchev–Trinajstić information content (AvgIpc) is 2.41. The van der Waals surface area contributed by atoms with E-state index in [0.29, 0.717) is 12.2 Å². The zero-order valence-electron chi connectivity index (χ0n) is 11.1. The zero-order valence-corrected chi connectivity index (χ0v) is 11.1. The van der Waals surface area contributed by atoms with E-state index in [9.17, 15) is 5.11 Å². The third kappa shape index (κ3) is 3.03. The van der Waals surface area contributed by atoms with Crippen LogP contribution >= 0.6 is 0 Å². The van der Waals surface area contributed by atoms with Gasteiger partial charge in [-0.3, -0.25) is 0 Å². The number of nitrogens with zero attached hydrogens (tertiary/aromatic N) is 1. The molecule has 4 nitrogen and oxygen atoms in total. The lowest BCUT2D eigenvalue weighted by Crippen LogP contribution is -2.24. The minimum Gasteiger partial charge on any atom is -0.497 e. The summed E-state index contributed by atoms with van der Waals surface area (Å²) >= 11 is 0. The third-order valence-electron chi connectivity index (χ3n) is 3.17. The van der Waals surface area contributed by atoms with E-state index in [4.69, 9.17) is 10.5 Å². The molecule has 2 rings (SSSR count). The van der Waals surface area contributed by atoms with Crippen LogP contribution in [0.25, 0.3) is 0 Å². The molecule has 0 spiro atoms. The van der Waals surface area contributed by atoms with Crippen LogP contribution in [-0.4, -0.2) is 17.2 Å². The molecular weight excluding hydrogens is 240 g/mol. The van der Waals surface area contributed by atoms with Gasteiger partial charge < -0.3 is 15.6 Å². The van der Waals surface area contributed by atoms with Crippen molar-refractivity contribution in [1.29, 1.82) is 0 Å². The van der Waals surface area contributed by atoms with Crippen LogP contribution < -0.4 is 10.5 Å². The Kier molecular flexibility index (Phi) is 3.71. The summed E-state index contributed by atoms with van der Waals surface area (Å²) in [5.74, 6) is 1.22. The minimum atomic E-state index is -0.997. The highest BCUT2D eigenvalue weighted by Crippen LogP contribution is 2.28. The first-order chi connectivity index (χ1) is 9.03. The number of ether oxygens (including phenoxy) is 1. The van der Waals surface area contributed by atoms with Gasteiger partial charge in [0.05, 0.1) is 12.7 Å². The number of pyridine rings is 1. The summed E-state index contributed by atoms with van der Waals surface area (Å²) < 4.78 is 5.11. The quantitative estimate of drug-likeness (QED) is 0.881. The van der Waals surface area contributed by atoms with Crippen LogP contribution in [0.15, 0.2) is 42.6 Å². The number of nitrogen functional groups attached to an aromatic ring is 1. The standard InChI is InChI=1S/C15H18N2O2/c1-15(18,10-11-4-3-9-17-14(11)16)12-5-7-13(19-2)8-6-12/h3-9,18H,10H2,1-2H3,(H2,16,17). The van der Waals surface area contributed by atoms with Gasteiger partial charge in [-0.2, -0.15) is 0 Å². The summed E-state index contributed by atoms with van der Waals surface area (Å²) in [5.41, 5.74) is 6.47. The van der Waals surface area contributed by atoms with Crippen LogP contribution in [0.3, 0.4) is 0 Å². The van der Waals surface area contributed by atoms with Crippen molar-refractivity contribution in [3.63, 3.8) is 0 Å². The predicted octanol–water partition coefficient (Wildman–Crippen LogP) is 2.12. The van der Waals surface area contributed by atoms with Gasteiger partial charge in [-0.05, 0) is 36.2 Å². The molecule has 0 aliphatic rings. The number of hydrogen-bond donors (Lipinski definition) is 2. The molecule has 100 valence electrons. The minimum absolute atomic E-state index is 0.416. The Bertz CT molecular complexity index is 550. The number of anilines is 1. The Morgan fingerprint density at radius 2 is 1.95 bits per heavy atom. The molecule has 0 aliphatic heterocycles. The molecule has 1 aromatic carbocycles. The smallest absolute Gasteiger partial charge is 0.126 e. The Hall–Kier alpha value is -2.07. The summed E-state index contributed by atoms with van der Waals surface area (Å²) in [5, 5.41) is 10.6. The fourth-order valence-corrected chi connectivity index (χ4v) is 2.02. The third-order valence-corrected chi connectivity index (χ3v) is 3.17. The van der Waals surface area contributed by atoms with Crippen molar-refractivity contribution >= 4 is 5.82 Å². The maximum atomic E-state index is 10.6. The van der Waals surface area contributed by atoms with E-state index in [1.165, 1.54) is 0 Å². The highest BCUT2D eigenvalue weighted by Gasteiger charge is 2.24. The van der Waals surface area contributed by atoms with Crippen molar-refractivity contribution in [3.8, 4) is 5.75 Å². The van der Waals surface area contributed by atoms with Gasteiger partial charge in [0.15, 0.2) is 0 Å². The molecule has 0 saturated carbocycles. The fraction of sp³-hybridized carbons (Fsp3) is 0.267. The molecule has 1 atom stereocenters. The Morgan fingerprint density at radius 1 is 1.26 bits per heavy atom. The maximum Gasteiger partial charge on any atom is 0.126 e. The van der Waals surface area contributed by atoms with Crippen molar-refractivity contribution in [2.75, 3.05) is 12.8 Å². The van der Waals surface area contributed by atoms with Gasteiger partial charge in [-0.15, -0.1) is 0 Å². The van der Waals surface area contributed by atoms with Crippen LogP contribution in [0.1, 0.15) is 18.1 Å². The molecule has 1 heterocycles. The Morgan fingerprint density at radius 3 is 2.53 bits per heavy atom. The van der Waals surface area contributed by atoms with Crippen LogP contribution in [0.5, 0.6) is 5.75 Å². The molecule has 0 fully saturated rings. The molecule has 4 heteroatoms. The second-order valence-corrected chi connectivity index (χ2v) is 4.73. The Labute approximate surface area is 112 Å². The molecule has 0 aliphatic carbocycles. The van der Waals surface area contributed by atoms with Crippen LogP contribution in [0, 0.1) is 0 Å². The van der Waals surface area contributed by atoms with Crippen molar-refractivity contribution in [3.05, 3.63) is 53.7 Å². The molecule has 1 aromatic heterocycles. The molecular formula is C15H18N2O2. The van der Waals surface area contributed by atoms with E-state index in [2.05, 4.69) is 4.98 Å². The highest BCUT2D eigenvalue weighted by atomic mass is 16.5. The van der Waals surface area contributed by atoms with Gasteiger partial charge in [-0.25, -0.2) is 4.98 Å². The first kappa shape index (κ1) is 13.4. The fourth-order valence-electron chi connectivity index (χ4n) is 2.02. The van der Waals surface area contributed by atoms with Crippen LogP contribution in [-0.2, 0) is 12.0 Å². The van der Waals surface area contributed by atoms with Gasteiger partial charge in [0.2, 0.25) is 0 Å². The summed E-state index contributed by atoms with van der Waals surface area (Å²) in [7, 11) is 1.61. The van der Waals surface area contributed by atoms with Gasteiger partial charge >= 0.3 is 0 Å². The largest absolute Gasteiger partial charge is 0.497 e. The molecule has 19 heavy (non-hydrogen) atoms. The maximum absolute atomic E-state index is 10.6. The summed E-state index contributed by atoms with van der Waals surface area (Å²) in [4.78, 5) is 4.03. The number of aromatic nitrogens is 1. The average molecular weight is 258 g/mol. The first-order valence-corrected chi connectivity index (χ1v) is 6.09. The summed E-state index contributed by atoms with van der Waals surface area (Å²) in [6.45, 7) is 1.77. The molecule has 0 radical (unpaired) electrons. The van der Waals surface area contributed by atoms with E-state index < -0.39 is 5.60 Å². The second kappa shape index (κ2) is 5.28. The molecule has 1 unspecified atom stereocenters. The molecule has 2 aromatic rings. The highest BCUT2D eigenvalue weighted by molar-refractivity contribution is 5.41. The molecule has 0 amide bonds. The van der Waals surface area contributed by atoms with E-state index in [1.54, 1.807) is 20.2 Å². The lowest BCUT2D eigenvalue weighted by atomic mass is 9.89. The number of nitrogens with two attached hydrogens (primary N) is 1. The molecule has 0 bridgehead atoms. The first-order valence-electron chi connectivity index (χ1n) is 6.09. The topological polar surface area (TPSA) is 68.4 Å². The van der Waals surface area contributed by atoms with Crippen molar-refractivity contribution in [1.82, 2.24) is 4.98 Å². The van der Waals surface area contributed by atoms with E-state index >= 15 is 0 Å². The monoisotopic (exact) mass is 258 g/mol. The lowest BCUT2D eigenvalue weighted by Gasteiger charge is -2.24. The SMILES string of the molecule is COc1ccc(C(C)(O)Cc2cccnc2N)cc1. The van der Waals surface area contributed by atoms with Crippen LogP contribution in [0.4, 0.5) is 5.82 Å². The van der Waals surface area contributed by atoms with Gasteiger partial charge in [0.25, 0.3) is 0 Å². The number of rotatable bonds is 4. The van der Waals surface area contributed by atoms with Gasteiger partial charge in [0, 0.05) is 12.6 Å². The summed E-state index contributed by atoms with van der Waals surface area (Å²) in [6, 6.07) is 11.1. The van der Waals surface area contributed by atoms with Crippen molar-refractivity contribution < 1.29 is 9.84 Å².